The summed E-state index contributed by atoms with van der Waals surface area (Å²) in [6.45, 7) is 3.62. The maximum Gasteiger partial charge on any atom is 0.289 e. The Morgan fingerprint density at radius 2 is 2.23 bits per heavy atom. The molecule has 2 aromatic rings. The van der Waals surface area contributed by atoms with Crippen molar-refractivity contribution >= 4 is 34.6 Å². The van der Waals surface area contributed by atoms with Crippen molar-refractivity contribution in [3.63, 3.8) is 0 Å². The van der Waals surface area contributed by atoms with Gasteiger partial charge in [0.2, 0.25) is 0 Å². The van der Waals surface area contributed by atoms with Crippen LogP contribution in [0.5, 0.6) is 0 Å². The van der Waals surface area contributed by atoms with Crippen LogP contribution in [0.2, 0.25) is 0 Å². The molecule has 0 bridgehead atoms. The summed E-state index contributed by atoms with van der Waals surface area (Å²) in [5.74, 6) is 0.672. The Kier molecular flexibility index (Phi) is 3.81. The van der Waals surface area contributed by atoms with E-state index in [1.165, 1.54) is 12.1 Å². The second-order valence-electron chi connectivity index (χ2n) is 4.70. The predicted molar refractivity (Wildman–Crippen MR) is 83.6 cm³/mol. The van der Waals surface area contributed by atoms with Gasteiger partial charge in [-0.3, -0.25) is 4.79 Å². The Hall–Kier alpha value is -2.41. The maximum atomic E-state index is 13.2. The predicted octanol–water partition coefficient (Wildman–Crippen LogP) is 3.96. The molecule has 1 aromatic heterocycles. The van der Waals surface area contributed by atoms with E-state index in [1.807, 2.05) is 6.92 Å². The average molecular weight is 317 g/mol. The highest BCUT2D eigenvalue weighted by atomic mass is 32.2. The van der Waals surface area contributed by atoms with E-state index in [4.69, 9.17) is 4.52 Å². The highest BCUT2D eigenvalue weighted by Gasteiger charge is 2.24. The van der Waals surface area contributed by atoms with Crippen molar-refractivity contribution in [2.45, 2.75) is 13.8 Å². The zero-order chi connectivity index (χ0) is 15.7. The second-order valence-corrected chi connectivity index (χ2v) is 5.72. The molecule has 2 heterocycles. The first-order valence-corrected chi connectivity index (χ1v) is 7.32. The van der Waals surface area contributed by atoms with Gasteiger partial charge in [0.25, 0.3) is 5.24 Å². The van der Waals surface area contributed by atoms with Gasteiger partial charge in [0.05, 0.1) is 16.3 Å². The highest BCUT2D eigenvalue weighted by molar-refractivity contribution is 8.18. The van der Waals surface area contributed by atoms with Crippen molar-refractivity contribution in [1.82, 2.24) is 10.5 Å². The molecule has 5 nitrogen and oxygen atoms in total. The number of benzene rings is 1. The van der Waals surface area contributed by atoms with Crippen molar-refractivity contribution in [3.05, 3.63) is 52.0 Å². The Morgan fingerprint density at radius 1 is 1.41 bits per heavy atom. The van der Waals surface area contributed by atoms with Gasteiger partial charge in [0, 0.05) is 5.56 Å². The van der Waals surface area contributed by atoms with E-state index >= 15 is 0 Å². The molecule has 0 radical (unpaired) electrons. The standard InChI is InChI=1S/C15H12FN3O2S/c1-8-12(9(2)21-19-8)7-13-14(18-15(20)22-13)17-11-5-3-4-10(16)6-11/h3-7H,1-2H3,(H,17,18,20). The topological polar surface area (TPSA) is 67.5 Å². The summed E-state index contributed by atoms with van der Waals surface area (Å²) in [5.41, 5.74) is 1.98. The van der Waals surface area contributed by atoms with E-state index in [9.17, 15) is 9.18 Å². The van der Waals surface area contributed by atoms with E-state index in [0.717, 1.165) is 23.0 Å². The number of aromatic nitrogens is 1. The molecule has 0 unspecified atom stereocenters. The molecule has 3 rings (SSSR count). The summed E-state index contributed by atoms with van der Waals surface area (Å²) in [7, 11) is 0. The van der Waals surface area contributed by atoms with Crippen molar-refractivity contribution in [2.24, 2.45) is 4.99 Å². The molecule has 0 spiro atoms. The molecule has 0 saturated carbocycles. The number of nitrogens with zero attached hydrogens (tertiary/aromatic N) is 2. The van der Waals surface area contributed by atoms with Crippen LogP contribution in [0.4, 0.5) is 14.9 Å². The molecule has 112 valence electrons. The Bertz CT molecular complexity index is 791. The lowest BCUT2D eigenvalue weighted by atomic mass is 10.2. The van der Waals surface area contributed by atoms with Crippen LogP contribution in [0.25, 0.3) is 6.08 Å². The first-order chi connectivity index (χ1) is 10.5. The lowest BCUT2D eigenvalue weighted by Gasteiger charge is -2.00. The fourth-order valence-electron chi connectivity index (χ4n) is 2.01. The highest BCUT2D eigenvalue weighted by Crippen LogP contribution is 2.30. The summed E-state index contributed by atoms with van der Waals surface area (Å²) in [5, 5.41) is 6.30. The summed E-state index contributed by atoms with van der Waals surface area (Å²) in [6.07, 6.45) is 1.79. The third-order valence-corrected chi connectivity index (χ3v) is 3.89. The van der Waals surface area contributed by atoms with Crippen LogP contribution in [-0.2, 0) is 0 Å². The van der Waals surface area contributed by atoms with E-state index < -0.39 is 0 Å². The van der Waals surface area contributed by atoms with Crippen molar-refractivity contribution in [2.75, 3.05) is 0 Å². The molecule has 1 aliphatic rings. The number of thioether (sulfide) groups is 1. The summed E-state index contributed by atoms with van der Waals surface area (Å²) >= 11 is 1.03. The van der Waals surface area contributed by atoms with E-state index in [2.05, 4.69) is 15.5 Å². The van der Waals surface area contributed by atoms with Gasteiger partial charge < -0.3 is 9.84 Å². The number of halogens is 1. The van der Waals surface area contributed by atoms with Crippen LogP contribution < -0.4 is 5.32 Å². The number of carbonyl (C=O) groups excluding carboxylic acids is 1. The van der Waals surface area contributed by atoms with Gasteiger partial charge in [-0.2, -0.15) is 0 Å². The van der Waals surface area contributed by atoms with Crippen molar-refractivity contribution < 1.29 is 13.7 Å². The summed E-state index contributed by atoms with van der Waals surface area (Å²) in [4.78, 5) is 16.6. The van der Waals surface area contributed by atoms with Gasteiger partial charge in [0.15, 0.2) is 0 Å². The minimum absolute atomic E-state index is 0.229. The zero-order valence-electron chi connectivity index (χ0n) is 11.9. The molecule has 7 heteroatoms. The lowest BCUT2D eigenvalue weighted by Crippen LogP contribution is -2.18. The minimum atomic E-state index is -0.380. The average Bonchev–Trinajstić information content (AvgIpc) is 2.96. The number of amides is 1. The molecule has 1 aliphatic heterocycles. The van der Waals surface area contributed by atoms with Crippen LogP contribution in [0.15, 0.2) is 38.7 Å². The Morgan fingerprint density at radius 3 is 2.91 bits per heavy atom. The molecular formula is C15H12FN3O2S. The van der Waals surface area contributed by atoms with Crippen molar-refractivity contribution in [1.29, 1.82) is 0 Å². The largest absolute Gasteiger partial charge is 0.361 e. The summed E-state index contributed by atoms with van der Waals surface area (Å²) < 4.78 is 18.3. The number of hydrogen-bond acceptors (Lipinski definition) is 5. The van der Waals surface area contributed by atoms with Crippen LogP contribution in [-0.4, -0.2) is 16.2 Å². The summed E-state index contributed by atoms with van der Waals surface area (Å²) in [6, 6.07) is 5.87. The Labute approximate surface area is 130 Å². The lowest BCUT2D eigenvalue weighted by molar-refractivity contribution is 0.265. The molecule has 1 fully saturated rings. The fraction of sp³-hybridized carbons (Fsp3) is 0.133. The minimum Gasteiger partial charge on any atom is -0.361 e. The molecular weight excluding hydrogens is 305 g/mol. The smallest absolute Gasteiger partial charge is 0.289 e. The molecule has 22 heavy (non-hydrogen) atoms. The van der Waals surface area contributed by atoms with Gasteiger partial charge in [-0.1, -0.05) is 11.2 Å². The molecule has 1 saturated heterocycles. The Balaban J connectivity index is 2.01. The number of hydrogen-bond donors (Lipinski definition) is 1. The first kappa shape index (κ1) is 14.5. The number of amidine groups is 1. The zero-order valence-corrected chi connectivity index (χ0v) is 12.7. The van der Waals surface area contributed by atoms with E-state index in [0.29, 0.717) is 22.2 Å². The van der Waals surface area contributed by atoms with Crippen LogP contribution in [0.1, 0.15) is 17.0 Å². The molecule has 1 amide bonds. The SMILES string of the molecule is Cc1noc(C)c1C=C1SC(=O)NC1=Nc1cccc(F)c1. The fourth-order valence-corrected chi connectivity index (χ4v) is 2.73. The van der Waals surface area contributed by atoms with E-state index in [-0.39, 0.29) is 11.1 Å². The number of rotatable bonds is 2. The third-order valence-electron chi connectivity index (χ3n) is 3.07. The molecule has 0 atom stereocenters. The van der Waals surface area contributed by atoms with Gasteiger partial charge in [-0.15, -0.1) is 0 Å². The van der Waals surface area contributed by atoms with Gasteiger partial charge in [-0.05, 0) is 49.9 Å². The van der Waals surface area contributed by atoms with Gasteiger partial charge in [-0.25, -0.2) is 9.38 Å². The third kappa shape index (κ3) is 2.94. The number of nitrogens with one attached hydrogen (secondary N) is 1. The number of aliphatic imine (C=N–C) groups is 1. The second kappa shape index (κ2) is 5.76. The molecule has 0 aliphatic carbocycles. The molecule has 1 N–H and O–H groups in total. The van der Waals surface area contributed by atoms with Crippen LogP contribution in [0, 0.1) is 19.7 Å². The quantitative estimate of drug-likeness (QED) is 0.910. The molecule has 1 aromatic carbocycles. The van der Waals surface area contributed by atoms with Crippen molar-refractivity contribution in [3.8, 4) is 0 Å². The normalized spacial score (nSPS) is 18.2. The first-order valence-electron chi connectivity index (χ1n) is 6.51. The van der Waals surface area contributed by atoms with Crippen LogP contribution in [0.3, 0.4) is 0 Å². The van der Waals surface area contributed by atoms with Gasteiger partial charge in [0.1, 0.15) is 17.4 Å². The van der Waals surface area contributed by atoms with Gasteiger partial charge >= 0.3 is 0 Å². The number of carbonyl (C=O) groups is 1. The maximum absolute atomic E-state index is 13.2. The number of aryl methyl sites for hydroxylation is 2. The monoisotopic (exact) mass is 317 g/mol. The van der Waals surface area contributed by atoms with E-state index in [1.54, 1.807) is 25.1 Å². The van der Waals surface area contributed by atoms with Crippen LogP contribution >= 0.6 is 11.8 Å².